The van der Waals surface area contributed by atoms with E-state index in [9.17, 15) is 5.11 Å². The fourth-order valence-electron chi connectivity index (χ4n) is 3.35. The molecule has 1 aliphatic carbocycles. The second-order valence-electron chi connectivity index (χ2n) is 5.75. The van der Waals surface area contributed by atoms with Crippen molar-refractivity contribution in [3.05, 3.63) is 54.1 Å². The second kappa shape index (κ2) is 5.41. The Balaban J connectivity index is 1.75. The number of aromatic nitrogens is 2. The molecular formula is C17H22N2O. The third-order valence-corrected chi connectivity index (χ3v) is 4.56. The first kappa shape index (κ1) is 13.4. The summed E-state index contributed by atoms with van der Waals surface area (Å²) in [5, 5.41) is 10.9. The van der Waals surface area contributed by atoms with Crippen molar-refractivity contribution in [3.63, 3.8) is 0 Å². The van der Waals surface area contributed by atoms with Gasteiger partial charge in [-0.25, -0.2) is 4.98 Å². The van der Waals surface area contributed by atoms with E-state index >= 15 is 0 Å². The lowest BCUT2D eigenvalue weighted by Crippen LogP contribution is -2.34. The molecule has 1 heterocycles. The third kappa shape index (κ3) is 2.38. The summed E-state index contributed by atoms with van der Waals surface area (Å²) in [6, 6.07) is 10.6. The molecule has 1 fully saturated rings. The molecule has 3 rings (SSSR count). The Hall–Kier alpha value is -1.61. The molecule has 0 unspecified atom stereocenters. The van der Waals surface area contributed by atoms with Crippen LogP contribution in [0.2, 0.25) is 0 Å². The number of nitrogens with zero attached hydrogens (tertiary/aromatic N) is 2. The van der Waals surface area contributed by atoms with Gasteiger partial charge in [0.25, 0.3) is 0 Å². The summed E-state index contributed by atoms with van der Waals surface area (Å²) >= 11 is 0. The fourth-order valence-corrected chi connectivity index (χ4v) is 3.35. The SMILES string of the molecule is CCn1ccnc1C1(O)CCC(c2ccccc2)CC1. The first-order valence-electron chi connectivity index (χ1n) is 7.52. The molecule has 20 heavy (non-hydrogen) atoms. The predicted octanol–water partition coefficient (Wildman–Crippen LogP) is 3.45. The Morgan fingerprint density at radius 2 is 1.95 bits per heavy atom. The number of hydrogen-bond donors (Lipinski definition) is 1. The van der Waals surface area contributed by atoms with Gasteiger partial charge in [0.1, 0.15) is 11.4 Å². The molecule has 1 aliphatic rings. The third-order valence-electron chi connectivity index (χ3n) is 4.56. The molecule has 1 aromatic carbocycles. The molecular weight excluding hydrogens is 248 g/mol. The summed E-state index contributed by atoms with van der Waals surface area (Å²) in [4.78, 5) is 4.39. The topological polar surface area (TPSA) is 38.0 Å². The molecule has 1 saturated carbocycles. The normalized spacial score (nSPS) is 26.6. The molecule has 0 bridgehead atoms. The van der Waals surface area contributed by atoms with Crippen LogP contribution in [0.4, 0.5) is 0 Å². The van der Waals surface area contributed by atoms with Gasteiger partial charge < -0.3 is 9.67 Å². The van der Waals surface area contributed by atoms with Crippen molar-refractivity contribution in [2.24, 2.45) is 0 Å². The van der Waals surface area contributed by atoms with Crippen LogP contribution in [-0.2, 0) is 12.1 Å². The van der Waals surface area contributed by atoms with E-state index in [4.69, 9.17) is 0 Å². The van der Waals surface area contributed by atoms with Gasteiger partial charge in [-0.05, 0) is 44.1 Å². The minimum atomic E-state index is -0.745. The van der Waals surface area contributed by atoms with Gasteiger partial charge in [0.2, 0.25) is 0 Å². The monoisotopic (exact) mass is 270 g/mol. The number of aliphatic hydroxyl groups is 1. The maximum Gasteiger partial charge on any atom is 0.140 e. The van der Waals surface area contributed by atoms with Gasteiger partial charge in [0, 0.05) is 18.9 Å². The van der Waals surface area contributed by atoms with Crippen LogP contribution in [0.15, 0.2) is 42.7 Å². The molecule has 3 heteroatoms. The van der Waals surface area contributed by atoms with Gasteiger partial charge >= 0.3 is 0 Å². The summed E-state index contributed by atoms with van der Waals surface area (Å²) in [6.45, 7) is 2.95. The van der Waals surface area contributed by atoms with Crippen LogP contribution in [0.3, 0.4) is 0 Å². The summed E-state index contributed by atoms with van der Waals surface area (Å²) < 4.78 is 2.06. The molecule has 0 spiro atoms. The van der Waals surface area contributed by atoms with Crippen molar-refractivity contribution in [3.8, 4) is 0 Å². The lowest BCUT2D eigenvalue weighted by Gasteiger charge is -2.36. The Morgan fingerprint density at radius 3 is 2.60 bits per heavy atom. The molecule has 0 atom stereocenters. The maximum absolute atomic E-state index is 10.9. The molecule has 0 aliphatic heterocycles. The summed E-state index contributed by atoms with van der Waals surface area (Å²) in [6.07, 6.45) is 7.39. The highest BCUT2D eigenvalue weighted by atomic mass is 16.3. The van der Waals surface area contributed by atoms with E-state index in [1.165, 1.54) is 5.56 Å². The Morgan fingerprint density at radius 1 is 1.25 bits per heavy atom. The highest BCUT2D eigenvalue weighted by Crippen LogP contribution is 2.42. The average Bonchev–Trinajstić information content (AvgIpc) is 2.98. The van der Waals surface area contributed by atoms with Gasteiger partial charge in [-0.3, -0.25) is 0 Å². The number of hydrogen-bond acceptors (Lipinski definition) is 2. The number of imidazole rings is 1. The maximum atomic E-state index is 10.9. The lowest BCUT2D eigenvalue weighted by molar-refractivity contribution is -0.0166. The van der Waals surface area contributed by atoms with Crippen molar-refractivity contribution in [2.75, 3.05) is 0 Å². The van der Waals surface area contributed by atoms with E-state index in [1.807, 2.05) is 6.20 Å². The van der Waals surface area contributed by atoms with Gasteiger partial charge in [0.15, 0.2) is 0 Å². The summed E-state index contributed by atoms with van der Waals surface area (Å²) in [5.41, 5.74) is 0.651. The number of aryl methyl sites for hydroxylation is 1. The molecule has 106 valence electrons. The molecule has 2 aromatic rings. The van der Waals surface area contributed by atoms with E-state index in [1.54, 1.807) is 6.20 Å². The predicted molar refractivity (Wildman–Crippen MR) is 79.4 cm³/mol. The molecule has 0 radical (unpaired) electrons. The fraction of sp³-hybridized carbons (Fsp3) is 0.471. The van der Waals surface area contributed by atoms with Crippen molar-refractivity contribution in [1.29, 1.82) is 0 Å². The van der Waals surface area contributed by atoms with Gasteiger partial charge in [0.05, 0.1) is 0 Å². The van der Waals surface area contributed by atoms with Crippen LogP contribution in [-0.4, -0.2) is 14.7 Å². The average molecular weight is 270 g/mol. The zero-order chi connectivity index (χ0) is 14.0. The lowest BCUT2D eigenvalue weighted by atomic mass is 9.75. The van der Waals surface area contributed by atoms with E-state index in [-0.39, 0.29) is 0 Å². The zero-order valence-electron chi connectivity index (χ0n) is 12.0. The smallest absolute Gasteiger partial charge is 0.140 e. The summed E-state index contributed by atoms with van der Waals surface area (Å²) in [7, 11) is 0. The van der Waals surface area contributed by atoms with Gasteiger partial charge in [-0.15, -0.1) is 0 Å². The molecule has 3 nitrogen and oxygen atoms in total. The Bertz CT molecular complexity index is 553. The van der Waals surface area contributed by atoms with Crippen molar-refractivity contribution < 1.29 is 5.11 Å². The first-order chi connectivity index (χ1) is 9.73. The minimum absolute atomic E-state index is 0.571. The Labute approximate surface area is 120 Å². The quantitative estimate of drug-likeness (QED) is 0.927. The van der Waals surface area contributed by atoms with E-state index in [0.717, 1.165) is 38.1 Å². The van der Waals surface area contributed by atoms with Crippen LogP contribution in [0.25, 0.3) is 0 Å². The second-order valence-corrected chi connectivity index (χ2v) is 5.75. The highest BCUT2D eigenvalue weighted by Gasteiger charge is 2.38. The van der Waals surface area contributed by atoms with Crippen molar-refractivity contribution in [2.45, 2.75) is 50.7 Å². The van der Waals surface area contributed by atoms with Crippen LogP contribution >= 0.6 is 0 Å². The Kier molecular flexibility index (Phi) is 3.62. The largest absolute Gasteiger partial charge is 0.382 e. The van der Waals surface area contributed by atoms with E-state index < -0.39 is 5.60 Å². The van der Waals surface area contributed by atoms with Crippen LogP contribution < -0.4 is 0 Å². The summed E-state index contributed by atoms with van der Waals surface area (Å²) in [5.74, 6) is 1.41. The van der Waals surface area contributed by atoms with Gasteiger partial charge in [-0.2, -0.15) is 0 Å². The van der Waals surface area contributed by atoms with Crippen LogP contribution in [0.5, 0.6) is 0 Å². The highest BCUT2D eigenvalue weighted by molar-refractivity contribution is 5.21. The first-order valence-corrected chi connectivity index (χ1v) is 7.52. The van der Waals surface area contributed by atoms with Crippen LogP contribution in [0.1, 0.15) is 49.9 Å². The number of rotatable bonds is 3. The zero-order valence-corrected chi connectivity index (χ0v) is 12.0. The van der Waals surface area contributed by atoms with Crippen molar-refractivity contribution in [1.82, 2.24) is 9.55 Å². The molecule has 0 amide bonds. The number of benzene rings is 1. The van der Waals surface area contributed by atoms with Gasteiger partial charge in [-0.1, -0.05) is 30.3 Å². The van der Waals surface area contributed by atoms with Crippen molar-refractivity contribution >= 4 is 0 Å². The van der Waals surface area contributed by atoms with E-state index in [0.29, 0.717) is 5.92 Å². The minimum Gasteiger partial charge on any atom is -0.382 e. The molecule has 1 aromatic heterocycles. The van der Waals surface area contributed by atoms with E-state index in [2.05, 4.69) is 46.8 Å². The van der Waals surface area contributed by atoms with Crippen LogP contribution in [0, 0.1) is 0 Å². The molecule has 0 saturated heterocycles. The standard InChI is InChI=1S/C17H22N2O/c1-2-19-13-12-18-16(19)17(20)10-8-15(9-11-17)14-6-4-3-5-7-14/h3-7,12-13,15,20H,2,8-11H2,1H3. The molecule has 1 N–H and O–H groups in total.